The number of carbonyl (C=O) groups excluding carboxylic acids is 1. The van der Waals surface area contributed by atoms with E-state index in [1.807, 2.05) is 45.2 Å². The summed E-state index contributed by atoms with van der Waals surface area (Å²) in [5.41, 5.74) is 0.870. The van der Waals surface area contributed by atoms with Crippen LogP contribution in [-0.4, -0.2) is 21.5 Å². The highest BCUT2D eigenvalue weighted by Gasteiger charge is 2.17. The van der Waals surface area contributed by atoms with Crippen molar-refractivity contribution in [3.8, 4) is 5.69 Å². The Morgan fingerprint density at radius 3 is 2.65 bits per heavy atom. The molecule has 20 heavy (non-hydrogen) atoms. The summed E-state index contributed by atoms with van der Waals surface area (Å²) in [5, 5.41) is 6.94. The molecule has 106 valence electrons. The Balaban J connectivity index is 2.23. The highest BCUT2D eigenvalue weighted by molar-refractivity contribution is 9.10. The number of hydrogen-bond acceptors (Lipinski definition) is 3. The van der Waals surface area contributed by atoms with Gasteiger partial charge in [0.1, 0.15) is 5.60 Å². The van der Waals surface area contributed by atoms with Crippen LogP contribution in [0.5, 0.6) is 0 Å². The van der Waals surface area contributed by atoms with E-state index in [4.69, 9.17) is 4.74 Å². The van der Waals surface area contributed by atoms with Gasteiger partial charge in [0.15, 0.2) is 0 Å². The first-order valence-corrected chi connectivity index (χ1v) is 6.94. The van der Waals surface area contributed by atoms with Crippen molar-refractivity contribution in [3.05, 3.63) is 41.1 Å². The van der Waals surface area contributed by atoms with Crippen molar-refractivity contribution in [3.63, 3.8) is 0 Å². The minimum Gasteiger partial charge on any atom is -0.444 e. The van der Waals surface area contributed by atoms with Gasteiger partial charge in [-0.3, -0.25) is 5.32 Å². The Morgan fingerprint density at radius 1 is 1.35 bits per heavy atom. The third kappa shape index (κ3) is 3.84. The van der Waals surface area contributed by atoms with Crippen molar-refractivity contribution in [2.45, 2.75) is 26.4 Å². The van der Waals surface area contributed by atoms with Crippen LogP contribution in [0, 0.1) is 0 Å². The molecule has 6 heteroatoms. The first kappa shape index (κ1) is 14.6. The number of aromatic nitrogens is 2. The van der Waals surface area contributed by atoms with E-state index in [9.17, 15) is 4.79 Å². The lowest BCUT2D eigenvalue weighted by Crippen LogP contribution is -2.27. The molecule has 2 aromatic rings. The standard InChI is InChI=1S/C14H16BrN3O2/c1-14(2,3)20-13(19)17-11-6-4-5-7-12(11)18-9-10(15)8-16-18/h4-9H,1-3H3,(H,17,19). The molecule has 1 aromatic carbocycles. The second-order valence-electron chi connectivity index (χ2n) is 5.25. The van der Waals surface area contributed by atoms with E-state index in [0.717, 1.165) is 10.2 Å². The molecule has 0 atom stereocenters. The summed E-state index contributed by atoms with van der Waals surface area (Å²) >= 11 is 3.35. The number of nitrogens with zero attached hydrogens (tertiary/aromatic N) is 2. The molecule has 1 amide bonds. The number of rotatable bonds is 2. The maximum atomic E-state index is 11.8. The smallest absolute Gasteiger partial charge is 0.412 e. The highest BCUT2D eigenvalue weighted by atomic mass is 79.9. The molecule has 0 unspecified atom stereocenters. The lowest BCUT2D eigenvalue weighted by molar-refractivity contribution is 0.0636. The summed E-state index contributed by atoms with van der Waals surface area (Å²) in [7, 11) is 0. The van der Waals surface area contributed by atoms with Crippen molar-refractivity contribution in [1.82, 2.24) is 9.78 Å². The van der Waals surface area contributed by atoms with Crippen LogP contribution in [0.4, 0.5) is 10.5 Å². The average Bonchev–Trinajstić information content (AvgIpc) is 2.74. The minimum absolute atomic E-state index is 0.490. The topological polar surface area (TPSA) is 56.1 Å². The lowest BCUT2D eigenvalue weighted by atomic mass is 10.2. The molecule has 0 spiro atoms. The van der Waals surface area contributed by atoms with Gasteiger partial charge in [-0.1, -0.05) is 12.1 Å². The van der Waals surface area contributed by atoms with Crippen molar-refractivity contribution >= 4 is 27.7 Å². The summed E-state index contributed by atoms with van der Waals surface area (Å²) in [6, 6.07) is 7.39. The van der Waals surface area contributed by atoms with E-state index in [2.05, 4.69) is 26.3 Å². The zero-order valence-corrected chi connectivity index (χ0v) is 13.1. The van der Waals surface area contributed by atoms with Crippen LogP contribution in [0.25, 0.3) is 5.69 Å². The number of para-hydroxylation sites is 2. The van der Waals surface area contributed by atoms with Crippen LogP contribution in [0.2, 0.25) is 0 Å². The van der Waals surface area contributed by atoms with E-state index in [1.54, 1.807) is 16.9 Å². The van der Waals surface area contributed by atoms with Crippen molar-refractivity contribution in [2.75, 3.05) is 5.32 Å². The van der Waals surface area contributed by atoms with Crippen molar-refractivity contribution < 1.29 is 9.53 Å². The van der Waals surface area contributed by atoms with Gasteiger partial charge < -0.3 is 4.74 Å². The molecule has 1 heterocycles. The summed E-state index contributed by atoms with van der Waals surface area (Å²) in [6.45, 7) is 5.47. The predicted molar refractivity (Wildman–Crippen MR) is 81.1 cm³/mol. The van der Waals surface area contributed by atoms with Gasteiger partial charge >= 0.3 is 6.09 Å². The molecule has 5 nitrogen and oxygen atoms in total. The number of nitrogens with one attached hydrogen (secondary N) is 1. The second kappa shape index (κ2) is 5.66. The fraction of sp³-hybridized carbons (Fsp3) is 0.286. The van der Waals surface area contributed by atoms with Crippen LogP contribution >= 0.6 is 15.9 Å². The quantitative estimate of drug-likeness (QED) is 0.901. The van der Waals surface area contributed by atoms with Crippen LogP contribution in [0.3, 0.4) is 0 Å². The van der Waals surface area contributed by atoms with Gasteiger partial charge in [-0.2, -0.15) is 5.10 Å². The summed E-state index contributed by atoms with van der Waals surface area (Å²) in [4.78, 5) is 11.8. The number of ether oxygens (including phenoxy) is 1. The molecule has 0 bridgehead atoms. The zero-order valence-electron chi connectivity index (χ0n) is 11.6. The SMILES string of the molecule is CC(C)(C)OC(=O)Nc1ccccc1-n1cc(Br)cn1. The maximum Gasteiger partial charge on any atom is 0.412 e. The molecular weight excluding hydrogens is 322 g/mol. The van der Waals surface area contributed by atoms with E-state index in [-0.39, 0.29) is 0 Å². The number of amides is 1. The van der Waals surface area contributed by atoms with Gasteiger partial charge in [0, 0.05) is 6.20 Å². The molecule has 0 aliphatic rings. The van der Waals surface area contributed by atoms with Crippen LogP contribution in [-0.2, 0) is 4.74 Å². The normalized spacial score (nSPS) is 11.2. The van der Waals surface area contributed by atoms with Gasteiger partial charge in [0.05, 0.1) is 22.0 Å². The van der Waals surface area contributed by atoms with Crippen LogP contribution in [0.15, 0.2) is 41.1 Å². The number of halogens is 1. The Kier molecular flexibility index (Phi) is 4.13. The van der Waals surface area contributed by atoms with E-state index in [0.29, 0.717) is 5.69 Å². The number of anilines is 1. The van der Waals surface area contributed by atoms with Gasteiger partial charge in [0.2, 0.25) is 0 Å². The van der Waals surface area contributed by atoms with E-state index in [1.165, 1.54) is 0 Å². The van der Waals surface area contributed by atoms with Crippen molar-refractivity contribution in [1.29, 1.82) is 0 Å². The van der Waals surface area contributed by atoms with Gasteiger partial charge in [-0.25, -0.2) is 9.48 Å². The van der Waals surface area contributed by atoms with E-state index >= 15 is 0 Å². The Morgan fingerprint density at radius 2 is 2.05 bits per heavy atom. The molecule has 0 saturated carbocycles. The minimum atomic E-state index is -0.534. The summed E-state index contributed by atoms with van der Waals surface area (Å²) in [5.74, 6) is 0. The Hall–Kier alpha value is -1.82. The molecular formula is C14H16BrN3O2. The number of hydrogen-bond donors (Lipinski definition) is 1. The first-order chi connectivity index (χ1) is 9.35. The van der Waals surface area contributed by atoms with Crippen LogP contribution in [0.1, 0.15) is 20.8 Å². The first-order valence-electron chi connectivity index (χ1n) is 6.15. The monoisotopic (exact) mass is 337 g/mol. The third-order valence-electron chi connectivity index (χ3n) is 2.34. The van der Waals surface area contributed by atoms with Gasteiger partial charge in [-0.05, 0) is 48.8 Å². The number of carbonyl (C=O) groups is 1. The van der Waals surface area contributed by atoms with Crippen molar-refractivity contribution in [2.24, 2.45) is 0 Å². The molecule has 0 aliphatic heterocycles. The molecule has 1 aromatic heterocycles. The maximum absolute atomic E-state index is 11.8. The Labute approximate surface area is 126 Å². The largest absolute Gasteiger partial charge is 0.444 e. The summed E-state index contributed by atoms with van der Waals surface area (Å²) < 4.78 is 7.79. The van der Waals surface area contributed by atoms with Crippen LogP contribution < -0.4 is 5.32 Å². The molecule has 0 radical (unpaired) electrons. The van der Waals surface area contributed by atoms with Gasteiger partial charge in [-0.15, -0.1) is 0 Å². The average molecular weight is 338 g/mol. The summed E-state index contributed by atoms with van der Waals surface area (Å²) in [6.07, 6.45) is 3.01. The fourth-order valence-corrected chi connectivity index (χ4v) is 1.91. The van der Waals surface area contributed by atoms with Gasteiger partial charge in [0.25, 0.3) is 0 Å². The predicted octanol–water partition coefficient (Wildman–Crippen LogP) is 3.98. The zero-order chi connectivity index (χ0) is 14.8. The lowest BCUT2D eigenvalue weighted by Gasteiger charge is -2.20. The number of benzene rings is 1. The molecule has 0 fully saturated rings. The molecule has 0 aliphatic carbocycles. The van der Waals surface area contributed by atoms with E-state index < -0.39 is 11.7 Å². The second-order valence-corrected chi connectivity index (χ2v) is 6.16. The molecule has 2 rings (SSSR count). The highest BCUT2D eigenvalue weighted by Crippen LogP contribution is 2.21. The molecule has 1 N–H and O–H groups in total. The molecule has 0 saturated heterocycles. The third-order valence-corrected chi connectivity index (χ3v) is 2.75. The Bertz CT molecular complexity index is 617. The fourth-order valence-electron chi connectivity index (χ4n) is 1.63.